The summed E-state index contributed by atoms with van der Waals surface area (Å²) < 4.78 is 0. The van der Waals surface area contributed by atoms with Crippen LogP contribution >= 0.6 is 11.3 Å². The number of nitrogens with zero attached hydrogens (tertiary/aromatic N) is 1. The van der Waals surface area contributed by atoms with Gasteiger partial charge < -0.3 is 10.0 Å². The van der Waals surface area contributed by atoms with Crippen LogP contribution < -0.4 is 0 Å². The van der Waals surface area contributed by atoms with Crippen molar-refractivity contribution in [2.45, 2.75) is 33.2 Å². The van der Waals surface area contributed by atoms with Crippen molar-refractivity contribution >= 4 is 23.2 Å². The van der Waals surface area contributed by atoms with Crippen molar-refractivity contribution in [1.29, 1.82) is 0 Å². The van der Waals surface area contributed by atoms with Crippen LogP contribution in [0.15, 0.2) is 17.5 Å². The minimum atomic E-state index is -0.868. The molecule has 0 aromatic carbocycles. The Labute approximate surface area is 123 Å². The number of hydrogen-bond donors (Lipinski definition) is 1. The normalized spacial score (nSPS) is 25.0. The zero-order chi connectivity index (χ0) is 15.1. The molecular formula is C15H21NO3S. The maximum Gasteiger partial charge on any atom is 0.307 e. The number of likely N-dealkylation sites (N-methyl/N-ethyl adjacent to an activating group) is 1. The zero-order valence-electron chi connectivity index (χ0n) is 12.3. The molecule has 0 saturated heterocycles. The average molecular weight is 295 g/mol. The van der Waals surface area contributed by atoms with E-state index in [-0.39, 0.29) is 11.9 Å². The van der Waals surface area contributed by atoms with Crippen molar-refractivity contribution in [2.75, 3.05) is 7.05 Å². The Balaban J connectivity index is 2.01. The highest BCUT2D eigenvalue weighted by Crippen LogP contribution is 2.59. The summed E-state index contributed by atoms with van der Waals surface area (Å²) in [5.41, 5.74) is -0.431. The van der Waals surface area contributed by atoms with Gasteiger partial charge in [-0.25, -0.2) is 0 Å². The smallest absolute Gasteiger partial charge is 0.307 e. The first-order valence-corrected chi connectivity index (χ1v) is 7.66. The molecular weight excluding hydrogens is 274 g/mol. The van der Waals surface area contributed by atoms with Gasteiger partial charge in [-0.2, -0.15) is 0 Å². The summed E-state index contributed by atoms with van der Waals surface area (Å²) in [5, 5.41) is 11.2. The Bertz CT molecular complexity index is 509. The molecule has 1 aliphatic rings. The summed E-state index contributed by atoms with van der Waals surface area (Å²) in [7, 11) is 1.77. The van der Waals surface area contributed by atoms with Crippen molar-refractivity contribution in [2.24, 2.45) is 17.3 Å². The third kappa shape index (κ3) is 2.59. The highest BCUT2D eigenvalue weighted by Gasteiger charge is 2.66. The number of carboxylic acid groups (broad SMARTS) is 1. The molecule has 1 unspecified atom stereocenters. The first-order valence-electron chi connectivity index (χ1n) is 6.78. The number of rotatable bonds is 5. The Morgan fingerprint density at radius 1 is 1.45 bits per heavy atom. The Morgan fingerprint density at radius 2 is 2.10 bits per heavy atom. The van der Waals surface area contributed by atoms with Crippen molar-refractivity contribution in [1.82, 2.24) is 4.90 Å². The number of amides is 1. The predicted octanol–water partition coefficient (Wildman–Crippen LogP) is 2.49. The van der Waals surface area contributed by atoms with E-state index in [0.29, 0.717) is 0 Å². The zero-order valence-corrected chi connectivity index (χ0v) is 13.1. The van der Waals surface area contributed by atoms with Crippen LogP contribution in [0.2, 0.25) is 0 Å². The van der Waals surface area contributed by atoms with Gasteiger partial charge in [-0.15, -0.1) is 11.3 Å². The van der Waals surface area contributed by atoms with E-state index in [2.05, 4.69) is 6.07 Å². The molecule has 2 rings (SSSR count). The molecule has 1 aliphatic carbocycles. The number of aliphatic carboxylic acids is 1. The molecule has 0 spiro atoms. The van der Waals surface area contributed by atoms with E-state index in [1.165, 1.54) is 4.88 Å². The average Bonchev–Trinajstić information content (AvgIpc) is 2.74. The fraction of sp³-hybridized carbons (Fsp3) is 0.600. The van der Waals surface area contributed by atoms with Crippen LogP contribution in [0.1, 0.15) is 25.6 Å². The summed E-state index contributed by atoms with van der Waals surface area (Å²) in [6.45, 7) is 5.71. The lowest BCUT2D eigenvalue weighted by molar-refractivity contribution is -0.142. The molecule has 1 N–H and O–H groups in total. The Kier molecular flexibility index (Phi) is 3.91. The van der Waals surface area contributed by atoms with Crippen molar-refractivity contribution < 1.29 is 14.7 Å². The second kappa shape index (κ2) is 5.20. The largest absolute Gasteiger partial charge is 0.481 e. The van der Waals surface area contributed by atoms with E-state index in [1.807, 2.05) is 32.2 Å². The van der Waals surface area contributed by atoms with Crippen molar-refractivity contribution in [3.05, 3.63) is 22.4 Å². The fourth-order valence-electron chi connectivity index (χ4n) is 2.85. The molecule has 5 heteroatoms. The van der Waals surface area contributed by atoms with Crippen molar-refractivity contribution in [3.8, 4) is 0 Å². The molecule has 1 aromatic heterocycles. The van der Waals surface area contributed by atoms with E-state index >= 15 is 0 Å². The quantitative estimate of drug-likeness (QED) is 0.908. The van der Waals surface area contributed by atoms with Gasteiger partial charge in [0.15, 0.2) is 0 Å². The number of thiophene rings is 1. The van der Waals surface area contributed by atoms with Crippen LogP contribution in [-0.4, -0.2) is 35.0 Å². The van der Waals surface area contributed by atoms with Crippen LogP contribution in [0.4, 0.5) is 0 Å². The summed E-state index contributed by atoms with van der Waals surface area (Å²) in [6, 6.07) is 4.13. The highest BCUT2D eigenvalue weighted by atomic mass is 32.1. The van der Waals surface area contributed by atoms with Gasteiger partial charge in [0.25, 0.3) is 0 Å². The molecule has 1 saturated carbocycles. The lowest BCUT2D eigenvalue weighted by atomic mass is 10.1. The Morgan fingerprint density at radius 3 is 2.55 bits per heavy atom. The van der Waals surface area contributed by atoms with E-state index in [9.17, 15) is 9.59 Å². The SMILES string of the molecule is CC(Cc1cccs1)N(C)C(=O)[C@H]1[C@@H](C(=O)O)C1(C)C. The molecule has 1 heterocycles. The number of carboxylic acids is 1. The second-order valence-corrected chi connectivity index (χ2v) is 7.23. The van der Waals surface area contributed by atoms with Gasteiger partial charge in [-0.05, 0) is 23.8 Å². The van der Waals surface area contributed by atoms with Gasteiger partial charge in [0.1, 0.15) is 0 Å². The van der Waals surface area contributed by atoms with Crippen LogP contribution in [-0.2, 0) is 16.0 Å². The third-order valence-electron chi connectivity index (χ3n) is 4.44. The number of hydrogen-bond acceptors (Lipinski definition) is 3. The maximum atomic E-state index is 12.5. The third-order valence-corrected chi connectivity index (χ3v) is 5.34. The summed E-state index contributed by atoms with van der Waals surface area (Å²) in [5.74, 6) is -1.86. The lowest BCUT2D eigenvalue weighted by Crippen LogP contribution is -2.38. The first kappa shape index (κ1) is 15.0. The lowest BCUT2D eigenvalue weighted by Gasteiger charge is -2.25. The summed E-state index contributed by atoms with van der Waals surface area (Å²) in [6.07, 6.45) is 0.810. The minimum Gasteiger partial charge on any atom is -0.481 e. The molecule has 20 heavy (non-hydrogen) atoms. The Hall–Kier alpha value is -1.36. The van der Waals surface area contributed by atoms with Crippen LogP contribution in [0, 0.1) is 17.3 Å². The molecule has 0 radical (unpaired) electrons. The number of carbonyl (C=O) groups is 2. The fourth-order valence-corrected chi connectivity index (χ4v) is 3.68. The van der Waals surface area contributed by atoms with Crippen LogP contribution in [0.5, 0.6) is 0 Å². The molecule has 1 fully saturated rings. The van der Waals surface area contributed by atoms with Gasteiger partial charge in [-0.1, -0.05) is 19.9 Å². The van der Waals surface area contributed by atoms with Gasteiger partial charge >= 0.3 is 5.97 Å². The van der Waals surface area contributed by atoms with E-state index in [0.717, 1.165) is 6.42 Å². The molecule has 0 bridgehead atoms. The monoisotopic (exact) mass is 295 g/mol. The predicted molar refractivity (Wildman–Crippen MR) is 78.7 cm³/mol. The summed E-state index contributed by atoms with van der Waals surface area (Å²) in [4.78, 5) is 26.6. The van der Waals surface area contributed by atoms with Crippen molar-refractivity contribution in [3.63, 3.8) is 0 Å². The molecule has 1 aromatic rings. The molecule has 1 amide bonds. The van der Waals surface area contributed by atoms with Gasteiger partial charge in [-0.3, -0.25) is 9.59 Å². The minimum absolute atomic E-state index is 0.0496. The van der Waals surface area contributed by atoms with Gasteiger partial charge in [0, 0.05) is 24.4 Å². The molecule has 110 valence electrons. The number of carbonyl (C=O) groups excluding carboxylic acids is 1. The maximum absolute atomic E-state index is 12.5. The van der Waals surface area contributed by atoms with E-state index in [1.54, 1.807) is 23.3 Å². The van der Waals surface area contributed by atoms with Gasteiger partial charge in [0.2, 0.25) is 5.91 Å². The summed E-state index contributed by atoms with van der Waals surface area (Å²) >= 11 is 1.68. The standard InChI is InChI=1S/C15H21NO3S/c1-9(8-10-6-5-7-20-10)16(4)13(17)11-12(14(18)19)15(11,2)3/h5-7,9,11-12H,8H2,1-4H3,(H,18,19)/t9?,11-,12+/m1/s1. The molecule has 0 aliphatic heterocycles. The van der Waals surface area contributed by atoms with Gasteiger partial charge in [0.05, 0.1) is 11.8 Å². The van der Waals surface area contributed by atoms with E-state index in [4.69, 9.17) is 5.11 Å². The van der Waals surface area contributed by atoms with Crippen LogP contribution in [0.3, 0.4) is 0 Å². The molecule has 3 atom stereocenters. The van der Waals surface area contributed by atoms with E-state index < -0.39 is 23.2 Å². The topological polar surface area (TPSA) is 57.6 Å². The van der Waals surface area contributed by atoms with Crippen LogP contribution in [0.25, 0.3) is 0 Å². The highest BCUT2D eigenvalue weighted by molar-refractivity contribution is 7.09. The first-order chi connectivity index (χ1) is 9.26. The molecule has 4 nitrogen and oxygen atoms in total. The second-order valence-electron chi connectivity index (χ2n) is 6.20.